The molecular weight excluding hydrogens is 206 g/mol. The van der Waals surface area contributed by atoms with Crippen molar-refractivity contribution >= 4 is 11.9 Å². The molecule has 0 atom stereocenters. The van der Waals surface area contributed by atoms with E-state index in [1.165, 1.54) is 11.8 Å². The minimum absolute atomic E-state index is 0.0117. The summed E-state index contributed by atoms with van der Waals surface area (Å²) in [7, 11) is 1.56. The van der Waals surface area contributed by atoms with Gasteiger partial charge in [-0.3, -0.25) is 9.59 Å². The fourth-order valence-corrected chi connectivity index (χ4v) is 1.09. The monoisotopic (exact) mass is 221 g/mol. The topological polar surface area (TPSA) is 46.6 Å². The maximum absolute atomic E-state index is 11.3. The van der Waals surface area contributed by atoms with Crippen LogP contribution >= 0.6 is 0 Å². The van der Waals surface area contributed by atoms with Crippen LogP contribution in [0.2, 0.25) is 0 Å². The normalized spacial score (nSPS) is 9.62. The van der Waals surface area contributed by atoms with Gasteiger partial charge in [-0.1, -0.05) is 30.3 Å². The third kappa shape index (κ3) is 4.13. The van der Waals surface area contributed by atoms with Crippen molar-refractivity contribution < 1.29 is 14.3 Å². The molecule has 4 heteroatoms. The molecule has 16 heavy (non-hydrogen) atoms. The lowest BCUT2D eigenvalue weighted by Crippen LogP contribution is -2.31. The molecule has 0 heterocycles. The number of hydrogen-bond donors (Lipinski definition) is 0. The molecule has 0 aliphatic rings. The van der Waals surface area contributed by atoms with E-state index in [0.717, 1.165) is 5.56 Å². The van der Waals surface area contributed by atoms with E-state index in [0.29, 0.717) is 0 Å². The van der Waals surface area contributed by atoms with E-state index in [9.17, 15) is 9.59 Å². The summed E-state index contributed by atoms with van der Waals surface area (Å²) in [6.07, 6.45) is 0. The van der Waals surface area contributed by atoms with E-state index < -0.39 is 5.97 Å². The van der Waals surface area contributed by atoms with Crippen LogP contribution in [0.1, 0.15) is 12.5 Å². The third-order valence-electron chi connectivity index (χ3n) is 2.15. The largest absolute Gasteiger partial charge is 0.459 e. The number of carbonyl (C=O) groups is 2. The van der Waals surface area contributed by atoms with Crippen LogP contribution in [0.3, 0.4) is 0 Å². The molecule has 0 fully saturated rings. The summed E-state index contributed by atoms with van der Waals surface area (Å²) >= 11 is 0. The molecule has 0 N–H and O–H groups in total. The summed E-state index contributed by atoms with van der Waals surface area (Å²) in [5.74, 6) is -0.557. The SMILES string of the molecule is CC(=O)N(C)CC(=O)OCc1ccccc1. The van der Waals surface area contributed by atoms with Gasteiger partial charge >= 0.3 is 5.97 Å². The van der Waals surface area contributed by atoms with Gasteiger partial charge in [0.05, 0.1) is 0 Å². The summed E-state index contributed by atoms with van der Waals surface area (Å²) in [5, 5.41) is 0. The highest BCUT2D eigenvalue weighted by molar-refractivity contribution is 5.80. The van der Waals surface area contributed by atoms with Gasteiger partial charge in [-0.05, 0) is 5.56 Å². The number of carbonyl (C=O) groups excluding carboxylic acids is 2. The Morgan fingerprint density at radius 2 is 1.88 bits per heavy atom. The van der Waals surface area contributed by atoms with Crippen LogP contribution in [0.4, 0.5) is 0 Å². The first-order valence-corrected chi connectivity index (χ1v) is 5.01. The average molecular weight is 221 g/mol. The minimum atomic E-state index is -0.401. The predicted octanol–water partition coefficient (Wildman–Crippen LogP) is 1.21. The summed E-state index contributed by atoms with van der Waals surface area (Å²) < 4.78 is 5.02. The molecule has 0 spiro atoms. The first-order chi connectivity index (χ1) is 7.59. The van der Waals surface area contributed by atoms with Gasteiger partial charge in [0.25, 0.3) is 0 Å². The minimum Gasteiger partial charge on any atom is -0.459 e. The van der Waals surface area contributed by atoms with Crippen LogP contribution in [0.15, 0.2) is 30.3 Å². The number of ether oxygens (including phenoxy) is 1. The number of likely N-dealkylation sites (N-methyl/N-ethyl adjacent to an activating group) is 1. The van der Waals surface area contributed by atoms with Crippen molar-refractivity contribution in [2.75, 3.05) is 13.6 Å². The fourth-order valence-electron chi connectivity index (χ4n) is 1.09. The molecule has 0 radical (unpaired) electrons. The van der Waals surface area contributed by atoms with Crippen molar-refractivity contribution in [1.82, 2.24) is 4.90 Å². The molecule has 1 amide bonds. The smallest absolute Gasteiger partial charge is 0.325 e. The van der Waals surface area contributed by atoms with Crippen LogP contribution < -0.4 is 0 Å². The quantitative estimate of drug-likeness (QED) is 0.718. The molecular formula is C12H15NO3. The van der Waals surface area contributed by atoms with Crippen LogP contribution in [-0.4, -0.2) is 30.4 Å². The summed E-state index contributed by atoms with van der Waals surface area (Å²) in [6.45, 7) is 1.64. The number of esters is 1. The molecule has 1 aromatic carbocycles. The van der Waals surface area contributed by atoms with Crippen LogP contribution in [0.5, 0.6) is 0 Å². The van der Waals surface area contributed by atoms with Gasteiger partial charge in [0.15, 0.2) is 0 Å². The zero-order valence-corrected chi connectivity index (χ0v) is 9.47. The van der Waals surface area contributed by atoms with E-state index in [-0.39, 0.29) is 19.1 Å². The van der Waals surface area contributed by atoms with E-state index in [1.54, 1.807) is 7.05 Å². The Morgan fingerprint density at radius 3 is 2.44 bits per heavy atom. The number of benzene rings is 1. The van der Waals surface area contributed by atoms with Gasteiger partial charge in [0.2, 0.25) is 5.91 Å². The summed E-state index contributed by atoms with van der Waals surface area (Å²) in [5.41, 5.74) is 0.932. The molecule has 0 aliphatic carbocycles. The highest BCUT2D eigenvalue weighted by atomic mass is 16.5. The second-order valence-electron chi connectivity index (χ2n) is 3.52. The number of rotatable bonds is 4. The molecule has 0 saturated heterocycles. The van der Waals surface area contributed by atoms with Crippen molar-refractivity contribution in [3.8, 4) is 0 Å². The second-order valence-corrected chi connectivity index (χ2v) is 3.52. The first kappa shape index (κ1) is 12.2. The molecule has 0 bridgehead atoms. The lowest BCUT2D eigenvalue weighted by atomic mass is 10.2. The van der Waals surface area contributed by atoms with E-state index in [2.05, 4.69) is 0 Å². The maximum atomic E-state index is 11.3. The molecule has 0 aliphatic heterocycles. The summed E-state index contributed by atoms with van der Waals surface area (Å²) in [4.78, 5) is 23.5. The Bertz CT molecular complexity index is 362. The highest BCUT2D eigenvalue weighted by Crippen LogP contribution is 2.00. The van der Waals surface area contributed by atoms with Gasteiger partial charge in [-0.2, -0.15) is 0 Å². The van der Waals surface area contributed by atoms with Crippen LogP contribution in [0.25, 0.3) is 0 Å². The Morgan fingerprint density at radius 1 is 1.25 bits per heavy atom. The third-order valence-corrected chi connectivity index (χ3v) is 2.15. The zero-order valence-electron chi connectivity index (χ0n) is 9.47. The van der Waals surface area contributed by atoms with Crippen LogP contribution in [0, 0.1) is 0 Å². The maximum Gasteiger partial charge on any atom is 0.325 e. The Hall–Kier alpha value is -1.84. The van der Waals surface area contributed by atoms with Gasteiger partial charge in [0.1, 0.15) is 13.2 Å². The standard InChI is InChI=1S/C12H15NO3/c1-10(14)13(2)8-12(15)16-9-11-6-4-3-5-7-11/h3-7H,8-9H2,1-2H3. The van der Waals surface area contributed by atoms with Crippen molar-refractivity contribution in [3.63, 3.8) is 0 Å². The van der Waals surface area contributed by atoms with E-state index in [4.69, 9.17) is 4.74 Å². The van der Waals surface area contributed by atoms with Gasteiger partial charge < -0.3 is 9.64 Å². The number of hydrogen-bond acceptors (Lipinski definition) is 3. The van der Waals surface area contributed by atoms with Crippen molar-refractivity contribution in [1.29, 1.82) is 0 Å². The molecule has 1 aromatic rings. The van der Waals surface area contributed by atoms with Crippen molar-refractivity contribution in [3.05, 3.63) is 35.9 Å². The lowest BCUT2D eigenvalue weighted by Gasteiger charge is -2.13. The molecule has 0 saturated carbocycles. The van der Waals surface area contributed by atoms with Crippen molar-refractivity contribution in [2.45, 2.75) is 13.5 Å². The van der Waals surface area contributed by atoms with E-state index >= 15 is 0 Å². The zero-order chi connectivity index (χ0) is 12.0. The second kappa shape index (κ2) is 5.90. The number of amides is 1. The van der Waals surface area contributed by atoms with Crippen molar-refractivity contribution in [2.24, 2.45) is 0 Å². The molecule has 4 nitrogen and oxygen atoms in total. The average Bonchev–Trinajstić information content (AvgIpc) is 2.27. The van der Waals surface area contributed by atoms with E-state index in [1.807, 2.05) is 30.3 Å². The number of nitrogens with zero attached hydrogens (tertiary/aromatic N) is 1. The Kier molecular flexibility index (Phi) is 4.51. The molecule has 86 valence electrons. The Balaban J connectivity index is 2.33. The predicted molar refractivity (Wildman–Crippen MR) is 59.5 cm³/mol. The van der Waals surface area contributed by atoms with Gasteiger partial charge in [0, 0.05) is 14.0 Å². The molecule has 1 rings (SSSR count). The lowest BCUT2D eigenvalue weighted by molar-refractivity contribution is -0.149. The van der Waals surface area contributed by atoms with Crippen LogP contribution in [-0.2, 0) is 20.9 Å². The first-order valence-electron chi connectivity index (χ1n) is 5.01. The van der Waals surface area contributed by atoms with Gasteiger partial charge in [-0.15, -0.1) is 0 Å². The highest BCUT2D eigenvalue weighted by Gasteiger charge is 2.09. The van der Waals surface area contributed by atoms with Gasteiger partial charge in [-0.25, -0.2) is 0 Å². The molecule has 0 aromatic heterocycles. The fraction of sp³-hybridized carbons (Fsp3) is 0.333. The molecule has 0 unspecified atom stereocenters. The Labute approximate surface area is 94.8 Å². The summed E-state index contributed by atoms with van der Waals surface area (Å²) in [6, 6.07) is 9.41.